The Labute approximate surface area is 115 Å². The average molecular weight is 282 g/mol. The van der Waals surface area contributed by atoms with E-state index in [-0.39, 0.29) is 5.56 Å². The summed E-state index contributed by atoms with van der Waals surface area (Å²) in [6, 6.07) is 1.95. The van der Waals surface area contributed by atoms with E-state index in [9.17, 15) is 8.78 Å². The van der Waals surface area contributed by atoms with E-state index in [2.05, 4.69) is 4.98 Å². The third-order valence-electron chi connectivity index (χ3n) is 3.16. The topological polar surface area (TPSA) is 38.9 Å². The molecule has 0 aliphatic heterocycles. The van der Waals surface area contributed by atoms with Gasteiger partial charge in [0.2, 0.25) is 0 Å². The van der Waals surface area contributed by atoms with Crippen molar-refractivity contribution in [3.05, 3.63) is 50.5 Å². The molecular formula is C14H16F2N2S. The van der Waals surface area contributed by atoms with Crippen LogP contribution in [0.5, 0.6) is 0 Å². The first-order chi connectivity index (χ1) is 8.90. The van der Waals surface area contributed by atoms with Crippen LogP contribution in [0.2, 0.25) is 0 Å². The van der Waals surface area contributed by atoms with Crippen LogP contribution in [0.25, 0.3) is 0 Å². The van der Waals surface area contributed by atoms with Crippen molar-refractivity contribution in [3.63, 3.8) is 0 Å². The third-order valence-corrected chi connectivity index (χ3v) is 4.25. The van der Waals surface area contributed by atoms with Gasteiger partial charge in [-0.25, -0.2) is 13.8 Å². The molecule has 2 nitrogen and oxygen atoms in total. The largest absolute Gasteiger partial charge is 0.323 e. The van der Waals surface area contributed by atoms with Crippen LogP contribution in [-0.2, 0) is 6.42 Å². The van der Waals surface area contributed by atoms with Gasteiger partial charge in [-0.2, -0.15) is 0 Å². The monoisotopic (exact) mass is 282 g/mol. The zero-order valence-electron chi connectivity index (χ0n) is 11.1. The zero-order chi connectivity index (χ0) is 14.2. The Morgan fingerprint density at radius 3 is 2.53 bits per heavy atom. The van der Waals surface area contributed by atoms with Crippen LogP contribution in [0.3, 0.4) is 0 Å². The molecule has 1 heterocycles. The van der Waals surface area contributed by atoms with Gasteiger partial charge in [0, 0.05) is 22.9 Å². The highest BCUT2D eigenvalue weighted by Crippen LogP contribution is 2.26. The summed E-state index contributed by atoms with van der Waals surface area (Å²) < 4.78 is 27.7. The van der Waals surface area contributed by atoms with Crippen molar-refractivity contribution in [3.8, 4) is 0 Å². The average Bonchev–Trinajstić information content (AvgIpc) is 2.63. The molecule has 0 saturated carbocycles. The van der Waals surface area contributed by atoms with Crippen LogP contribution in [0.15, 0.2) is 12.1 Å². The van der Waals surface area contributed by atoms with E-state index in [4.69, 9.17) is 5.73 Å². The van der Waals surface area contributed by atoms with Crippen LogP contribution in [-0.4, -0.2) is 4.98 Å². The molecule has 1 atom stereocenters. The predicted octanol–water partition coefficient (Wildman–Crippen LogP) is 3.59. The zero-order valence-corrected chi connectivity index (χ0v) is 11.9. The second-order valence-corrected chi connectivity index (χ2v) is 5.94. The van der Waals surface area contributed by atoms with Crippen molar-refractivity contribution in [2.75, 3.05) is 0 Å². The molecule has 0 radical (unpaired) electrons. The van der Waals surface area contributed by atoms with Crippen LogP contribution < -0.4 is 5.73 Å². The minimum Gasteiger partial charge on any atom is -0.323 e. The summed E-state index contributed by atoms with van der Waals surface area (Å²) in [6.45, 7) is 5.48. The number of nitrogens with two attached hydrogens (primary N) is 1. The highest BCUT2D eigenvalue weighted by molar-refractivity contribution is 7.11. The van der Waals surface area contributed by atoms with Crippen LogP contribution in [0.1, 0.15) is 32.7 Å². The number of thiazole rings is 1. The molecule has 0 spiro atoms. The van der Waals surface area contributed by atoms with Crippen LogP contribution in [0, 0.1) is 32.4 Å². The first-order valence-corrected chi connectivity index (χ1v) is 6.84. The molecule has 0 amide bonds. The van der Waals surface area contributed by atoms with Crippen LogP contribution >= 0.6 is 11.3 Å². The summed E-state index contributed by atoms with van der Waals surface area (Å²) in [6.07, 6.45) is 0.344. The highest BCUT2D eigenvalue weighted by atomic mass is 32.1. The normalized spacial score (nSPS) is 12.7. The lowest BCUT2D eigenvalue weighted by Gasteiger charge is -2.13. The van der Waals surface area contributed by atoms with Gasteiger partial charge in [0.1, 0.15) is 11.6 Å². The fourth-order valence-corrected chi connectivity index (χ4v) is 2.93. The summed E-state index contributed by atoms with van der Waals surface area (Å²) in [5, 5.41) is 0.808. The van der Waals surface area contributed by atoms with Gasteiger partial charge in [-0.3, -0.25) is 0 Å². The predicted molar refractivity (Wildman–Crippen MR) is 73.3 cm³/mol. The van der Waals surface area contributed by atoms with Crippen molar-refractivity contribution >= 4 is 11.3 Å². The van der Waals surface area contributed by atoms with Gasteiger partial charge >= 0.3 is 0 Å². The van der Waals surface area contributed by atoms with E-state index in [1.54, 1.807) is 6.92 Å². The van der Waals surface area contributed by atoms with E-state index in [1.165, 1.54) is 23.5 Å². The first kappa shape index (κ1) is 14.1. The molecule has 102 valence electrons. The molecular weight excluding hydrogens is 266 g/mol. The molecule has 2 N–H and O–H groups in total. The number of hydrogen-bond donors (Lipinski definition) is 1. The summed E-state index contributed by atoms with van der Waals surface area (Å²) in [5.74, 6) is -1.15. The summed E-state index contributed by atoms with van der Waals surface area (Å²) in [7, 11) is 0. The maximum Gasteiger partial charge on any atom is 0.133 e. The number of aryl methyl sites for hydroxylation is 3. The van der Waals surface area contributed by atoms with Gasteiger partial charge in [-0.15, -0.1) is 11.3 Å². The van der Waals surface area contributed by atoms with E-state index in [0.717, 1.165) is 15.6 Å². The molecule has 1 unspecified atom stereocenters. The van der Waals surface area contributed by atoms with Crippen molar-refractivity contribution in [2.24, 2.45) is 5.73 Å². The molecule has 1 aromatic carbocycles. The lowest BCUT2D eigenvalue weighted by Crippen LogP contribution is -2.17. The van der Waals surface area contributed by atoms with E-state index < -0.39 is 17.7 Å². The molecule has 5 heteroatoms. The van der Waals surface area contributed by atoms with Gasteiger partial charge in [0.15, 0.2) is 0 Å². The standard InChI is InChI=1S/C14H16F2N2S/c1-7-4-5-10(15)13(14(7)16)11(17)6-12-18-8(2)9(3)19-12/h4-5,11H,6,17H2,1-3H3. The molecule has 19 heavy (non-hydrogen) atoms. The molecule has 1 aromatic heterocycles. The summed E-state index contributed by atoms with van der Waals surface area (Å²) in [4.78, 5) is 5.46. The van der Waals surface area contributed by atoms with Crippen molar-refractivity contribution in [1.82, 2.24) is 4.98 Å². The molecule has 2 rings (SSSR count). The fourth-order valence-electron chi connectivity index (χ4n) is 1.93. The van der Waals surface area contributed by atoms with E-state index in [1.807, 2.05) is 13.8 Å². The number of benzene rings is 1. The number of halogens is 2. The smallest absolute Gasteiger partial charge is 0.133 e. The second-order valence-electron chi connectivity index (χ2n) is 4.65. The Morgan fingerprint density at radius 2 is 1.95 bits per heavy atom. The van der Waals surface area contributed by atoms with E-state index >= 15 is 0 Å². The Kier molecular flexibility index (Phi) is 3.96. The van der Waals surface area contributed by atoms with Crippen molar-refractivity contribution in [2.45, 2.75) is 33.2 Å². The molecule has 0 fully saturated rings. The quantitative estimate of drug-likeness (QED) is 0.934. The third kappa shape index (κ3) is 2.82. The summed E-state index contributed by atoms with van der Waals surface area (Å²) in [5.41, 5.74) is 7.24. The van der Waals surface area contributed by atoms with Gasteiger partial charge in [0.05, 0.1) is 10.7 Å². The molecule has 0 aliphatic rings. The molecule has 2 aromatic rings. The fraction of sp³-hybridized carbons (Fsp3) is 0.357. The lowest BCUT2D eigenvalue weighted by atomic mass is 10.0. The highest BCUT2D eigenvalue weighted by Gasteiger charge is 2.20. The van der Waals surface area contributed by atoms with E-state index in [0.29, 0.717) is 12.0 Å². The van der Waals surface area contributed by atoms with Gasteiger partial charge in [-0.1, -0.05) is 6.07 Å². The molecule has 0 saturated heterocycles. The molecule has 0 bridgehead atoms. The maximum absolute atomic E-state index is 14.0. The van der Waals surface area contributed by atoms with Gasteiger partial charge < -0.3 is 5.73 Å². The number of hydrogen-bond acceptors (Lipinski definition) is 3. The number of aromatic nitrogens is 1. The van der Waals surface area contributed by atoms with Crippen LogP contribution in [0.4, 0.5) is 8.78 Å². The van der Waals surface area contributed by atoms with Crippen molar-refractivity contribution in [1.29, 1.82) is 0 Å². The maximum atomic E-state index is 14.0. The lowest BCUT2D eigenvalue weighted by molar-refractivity contribution is 0.519. The number of nitrogens with zero attached hydrogens (tertiary/aromatic N) is 1. The number of rotatable bonds is 3. The second kappa shape index (κ2) is 5.35. The van der Waals surface area contributed by atoms with Crippen molar-refractivity contribution < 1.29 is 8.78 Å². The van der Waals surface area contributed by atoms with Gasteiger partial charge in [-0.05, 0) is 32.4 Å². The SMILES string of the molecule is Cc1ccc(F)c(C(N)Cc2nc(C)c(C)s2)c1F. The first-order valence-electron chi connectivity index (χ1n) is 6.03. The molecule has 0 aliphatic carbocycles. The van der Waals surface area contributed by atoms with Gasteiger partial charge in [0.25, 0.3) is 0 Å². The Hall–Kier alpha value is -1.33. The minimum atomic E-state index is -0.718. The Balaban J connectivity index is 2.30. The Morgan fingerprint density at radius 1 is 1.26 bits per heavy atom. The minimum absolute atomic E-state index is 0.0505. The summed E-state index contributed by atoms with van der Waals surface area (Å²) >= 11 is 1.52. The Bertz CT molecular complexity index is 588.